The Kier molecular flexibility index (Phi) is 7.02. The van der Waals surface area contributed by atoms with Gasteiger partial charge < -0.3 is 4.74 Å². The van der Waals surface area contributed by atoms with Crippen molar-refractivity contribution in [2.45, 2.75) is 39.5 Å². The first-order valence-electron chi connectivity index (χ1n) is 8.86. The molecular formula is C21H25BrN2O3. The molecule has 144 valence electrons. The molecule has 0 saturated heterocycles. The zero-order valence-corrected chi connectivity index (χ0v) is 17.6. The van der Waals surface area contributed by atoms with Gasteiger partial charge in [-0.15, -0.1) is 0 Å². The molecular weight excluding hydrogens is 408 g/mol. The van der Waals surface area contributed by atoms with Crippen LogP contribution in [-0.2, 0) is 5.41 Å². The highest BCUT2D eigenvalue weighted by Crippen LogP contribution is 2.24. The molecule has 0 bridgehead atoms. The van der Waals surface area contributed by atoms with Gasteiger partial charge in [-0.05, 0) is 47.7 Å². The van der Waals surface area contributed by atoms with Crippen LogP contribution in [0.3, 0.4) is 0 Å². The Morgan fingerprint density at radius 3 is 2.22 bits per heavy atom. The maximum atomic E-state index is 12.5. The number of ether oxygens (including phenoxy) is 1. The lowest BCUT2D eigenvalue weighted by Gasteiger charge is -2.19. The van der Waals surface area contributed by atoms with Crippen molar-refractivity contribution in [3.8, 4) is 5.75 Å². The molecule has 0 unspecified atom stereocenters. The van der Waals surface area contributed by atoms with E-state index in [2.05, 4.69) is 47.6 Å². The fourth-order valence-corrected chi connectivity index (χ4v) is 2.75. The first kappa shape index (κ1) is 21.0. The Morgan fingerprint density at radius 2 is 1.63 bits per heavy atom. The molecule has 2 aromatic rings. The van der Waals surface area contributed by atoms with Gasteiger partial charge in [-0.25, -0.2) is 0 Å². The lowest BCUT2D eigenvalue weighted by Crippen LogP contribution is -2.41. The average molecular weight is 433 g/mol. The third kappa shape index (κ3) is 5.82. The quantitative estimate of drug-likeness (QED) is 0.677. The molecule has 0 heterocycles. The van der Waals surface area contributed by atoms with Crippen LogP contribution in [0.4, 0.5) is 0 Å². The standard InChI is InChI=1S/C21H25BrN2O3/c1-5-12-27-18-11-10-16(22)13-17(18)20(26)24-23-19(25)14-6-8-15(9-7-14)21(2,3)4/h6-11,13H,5,12H2,1-4H3,(H,23,25)(H,24,26). The molecule has 0 aromatic heterocycles. The molecule has 0 aliphatic carbocycles. The third-order valence-corrected chi connectivity index (χ3v) is 4.44. The highest BCUT2D eigenvalue weighted by atomic mass is 79.9. The van der Waals surface area contributed by atoms with E-state index in [1.54, 1.807) is 30.3 Å². The van der Waals surface area contributed by atoms with Crippen LogP contribution in [0.5, 0.6) is 5.75 Å². The molecule has 2 rings (SSSR count). The predicted molar refractivity (Wildman–Crippen MR) is 110 cm³/mol. The SMILES string of the molecule is CCCOc1ccc(Br)cc1C(=O)NNC(=O)c1ccc(C(C)(C)C)cc1. The Labute approximate surface area is 168 Å². The van der Waals surface area contributed by atoms with Gasteiger partial charge in [0.2, 0.25) is 0 Å². The maximum Gasteiger partial charge on any atom is 0.273 e. The second-order valence-electron chi connectivity index (χ2n) is 7.22. The van der Waals surface area contributed by atoms with E-state index in [0.717, 1.165) is 16.5 Å². The van der Waals surface area contributed by atoms with E-state index in [0.29, 0.717) is 23.5 Å². The van der Waals surface area contributed by atoms with Crippen molar-refractivity contribution in [2.24, 2.45) is 0 Å². The van der Waals surface area contributed by atoms with Crippen molar-refractivity contribution in [1.82, 2.24) is 10.9 Å². The van der Waals surface area contributed by atoms with E-state index in [1.165, 1.54) is 0 Å². The number of amides is 2. The van der Waals surface area contributed by atoms with E-state index in [9.17, 15) is 9.59 Å². The first-order chi connectivity index (χ1) is 12.7. The van der Waals surface area contributed by atoms with Crippen molar-refractivity contribution in [1.29, 1.82) is 0 Å². The van der Waals surface area contributed by atoms with Crippen molar-refractivity contribution in [3.63, 3.8) is 0 Å². The van der Waals surface area contributed by atoms with E-state index in [4.69, 9.17) is 4.74 Å². The van der Waals surface area contributed by atoms with Crippen LogP contribution in [0, 0.1) is 0 Å². The number of hydrogen-bond acceptors (Lipinski definition) is 3. The van der Waals surface area contributed by atoms with Crippen LogP contribution >= 0.6 is 15.9 Å². The van der Waals surface area contributed by atoms with Gasteiger partial charge in [0, 0.05) is 10.0 Å². The molecule has 0 radical (unpaired) electrons. The first-order valence-corrected chi connectivity index (χ1v) is 9.65. The van der Waals surface area contributed by atoms with Crippen molar-refractivity contribution in [3.05, 3.63) is 63.6 Å². The minimum absolute atomic E-state index is 0.0127. The molecule has 6 heteroatoms. The molecule has 27 heavy (non-hydrogen) atoms. The van der Waals surface area contributed by atoms with Gasteiger partial charge in [-0.1, -0.05) is 55.8 Å². The van der Waals surface area contributed by atoms with Crippen molar-refractivity contribution < 1.29 is 14.3 Å². The van der Waals surface area contributed by atoms with E-state index in [-0.39, 0.29) is 11.3 Å². The highest BCUT2D eigenvalue weighted by Gasteiger charge is 2.16. The number of nitrogens with one attached hydrogen (secondary N) is 2. The number of carbonyl (C=O) groups excluding carboxylic acids is 2. The largest absolute Gasteiger partial charge is 0.493 e. The molecule has 0 atom stereocenters. The summed E-state index contributed by atoms with van der Waals surface area (Å²) in [5.74, 6) is -0.349. The Bertz CT molecular complexity index is 811. The lowest BCUT2D eigenvalue weighted by molar-refractivity contribution is 0.0844. The number of hydrazine groups is 1. The lowest BCUT2D eigenvalue weighted by atomic mass is 9.87. The van der Waals surface area contributed by atoms with E-state index < -0.39 is 5.91 Å². The van der Waals surface area contributed by atoms with E-state index in [1.807, 2.05) is 19.1 Å². The summed E-state index contributed by atoms with van der Waals surface area (Å²) in [7, 11) is 0. The topological polar surface area (TPSA) is 67.4 Å². The predicted octanol–water partition coefficient (Wildman–Crippen LogP) is 4.61. The van der Waals surface area contributed by atoms with Crippen molar-refractivity contribution in [2.75, 3.05) is 6.61 Å². The summed E-state index contributed by atoms with van der Waals surface area (Å²) in [6.07, 6.45) is 0.832. The van der Waals surface area contributed by atoms with Crippen LogP contribution in [0.2, 0.25) is 0 Å². The van der Waals surface area contributed by atoms with Gasteiger partial charge in [0.25, 0.3) is 11.8 Å². The summed E-state index contributed by atoms with van der Waals surface area (Å²) in [6, 6.07) is 12.5. The minimum atomic E-state index is -0.443. The molecule has 0 spiro atoms. The number of carbonyl (C=O) groups is 2. The summed E-state index contributed by atoms with van der Waals surface area (Å²) in [4.78, 5) is 24.8. The zero-order valence-electron chi connectivity index (χ0n) is 16.1. The number of rotatable bonds is 5. The van der Waals surface area contributed by atoms with Crippen LogP contribution in [-0.4, -0.2) is 18.4 Å². The molecule has 0 aliphatic rings. The van der Waals surface area contributed by atoms with Gasteiger partial charge in [0.1, 0.15) is 5.75 Å². The normalized spacial score (nSPS) is 11.0. The number of benzene rings is 2. The highest BCUT2D eigenvalue weighted by molar-refractivity contribution is 9.10. The Balaban J connectivity index is 2.05. The Morgan fingerprint density at radius 1 is 1.00 bits per heavy atom. The van der Waals surface area contributed by atoms with Gasteiger partial charge >= 0.3 is 0 Å². The summed E-state index contributed by atoms with van der Waals surface area (Å²) >= 11 is 3.35. The zero-order chi connectivity index (χ0) is 20.0. The minimum Gasteiger partial charge on any atom is -0.493 e. The van der Waals surface area contributed by atoms with Crippen LogP contribution in [0.15, 0.2) is 46.9 Å². The molecule has 0 fully saturated rings. The van der Waals surface area contributed by atoms with Crippen molar-refractivity contribution >= 4 is 27.7 Å². The van der Waals surface area contributed by atoms with Gasteiger partial charge in [0.15, 0.2) is 0 Å². The van der Waals surface area contributed by atoms with Crippen LogP contribution in [0.1, 0.15) is 60.4 Å². The monoisotopic (exact) mass is 432 g/mol. The number of hydrogen-bond donors (Lipinski definition) is 2. The van der Waals surface area contributed by atoms with Gasteiger partial charge in [-0.2, -0.15) is 0 Å². The van der Waals surface area contributed by atoms with E-state index >= 15 is 0 Å². The van der Waals surface area contributed by atoms with Gasteiger partial charge in [0.05, 0.1) is 12.2 Å². The van der Waals surface area contributed by atoms with Gasteiger partial charge in [-0.3, -0.25) is 20.4 Å². The molecule has 5 nitrogen and oxygen atoms in total. The Hall–Kier alpha value is -2.34. The van der Waals surface area contributed by atoms with Crippen LogP contribution < -0.4 is 15.6 Å². The summed E-state index contributed by atoms with van der Waals surface area (Å²) in [5, 5.41) is 0. The summed E-state index contributed by atoms with van der Waals surface area (Å²) < 4.78 is 6.36. The summed E-state index contributed by atoms with van der Waals surface area (Å²) in [5.41, 5.74) is 6.86. The second-order valence-corrected chi connectivity index (χ2v) is 8.14. The molecule has 2 N–H and O–H groups in total. The average Bonchev–Trinajstić information content (AvgIpc) is 2.64. The number of halogens is 1. The molecule has 0 saturated carbocycles. The maximum absolute atomic E-state index is 12.5. The molecule has 0 aliphatic heterocycles. The fourth-order valence-electron chi connectivity index (χ4n) is 2.39. The molecule has 2 aromatic carbocycles. The second kappa shape index (κ2) is 9.04. The summed E-state index contributed by atoms with van der Waals surface area (Å²) in [6.45, 7) is 8.83. The molecule has 2 amide bonds. The third-order valence-electron chi connectivity index (χ3n) is 3.95. The smallest absolute Gasteiger partial charge is 0.273 e. The fraction of sp³-hybridized carbons (Fsp3) is 0.333. The van der Waals surface area contributed by atoms with Crippen LogP contribution in [0.25, 0.3) is 0 Å².